The summed E-state index contributed by atoms with van der Waals surface area (Å²) in [7, 11) is 0. The first-order valence-electron chi connectivity index (χ1n) is 6.41. The van der Waals surface area contributed by atoms with Crippen molar-refractivity contribution < 1.29 is 4.74 Å². The lowest BCUT2D eigenvalue weighted by Crippen LogP contribution is -2.28. The topological polar surface area (TPSA) is 9.23 Å². The lowest BCUT2D eigenvalue weighted by molar-refractivity contribution is 0.00676. The molecule has 0 N–H and O–H groups in total. The monoisotopic (exact) mass is 198 g/mol. The highest BCUT2D eigenvalue weighted by Gasteiger charge is 2.29. The van der Waals surface area contributed by atoms with Gasteiger partial charge in [0.05, 0.1) is 0 Å². The Balaban J connectivity index is 2.22. The molecule has 0 atom stereocenters. The van der Waals surface area contributed by atoms with Gasteiger partial charge >= 0.3 is 0 Å². The van der Waals surface area contributed by atoms with Crippen LogP contribution in [0, 0.1) is 5.41 Å². The largest absolute Gasteiger partial charge is 0.381 e. The molecule has 0 aromatic rings. The zero-order chi connectivity index (χ0) is 10.3. The summed E-state index contributed by atoms with van der Waals surface area (Å²) >= 11 is 0. The lowest BCUT2D eigenvalue weighted by Gasteiger charge is -2.36. The minimum absolute atomic E-state index is 0.645. The van der Waals surface area contributed by atoms with Crippen LogP contribution < -0.4 is 0 Å². The molecule has 1 aliphatic rings. The number of unbranched alkanes of at least 4 members (excludes halogenated alkanes) is 3. The molecule has 84 valence electrons. The van der Waals surface area contributed by atoms with Crippen LogP contribution in [0.25, 0.3) is 0 Å². The van der Waals surface area contributed by atoms with E-state index in [1.807, 2.05) is 0 Å². The molecular weight excluding hydrogens is 172 g/mol. The van der Waals surface area contributed by atoms with Gasteiger partial charge in [-0.2, -0.15) is 0 Å². The van der Waals surface area contributed by atoms with Crippen LogP contribution in [0.3, 0.4) is 0 Å². The molecule has 1 nitrogen and oxygen atoms in total. The van der Waals surface area contributed by atoms with Gasteiger partial charge in [0.2, 0.25) is 0 Å². The highest BCUT2D eigenvalue weighted by Crippen LogP contribution is 2.38. The van der Waals surface area contributed by atoms with Crippen molar-refractivity contribution in [3.05, 3.63) is 0 Å². The van der Waals surface area contributed by atoms with E-state index in [4.69, 9.17) is 4.74 Å². The van der Waals surface area contributed by atoms with E-state index >= 15 is 0 Å². The van der Waals surface area contributed by atoms with E-state index in [0.717, 1.165) is 13.2 Å². The van der Waals surface area contributed by atoms with Gasteiger partial charge in [-0.05, 0) is 24.7 Å². The van der Waals surface area contributed by atoms with Crippen molar-refractivity contribution in [3.63, 3.8) is 0 Å². The molecule has 0 saturated carbocycles. The van der Waals surface area contributed by atoms with Gasteiger partial charge < -0.3 is 4.74 Å². The molecule has 0 aromatic heterocycles. The van der Waals surface area contributed by atoms with Crippen molar-refractivity contribution in [2.45, 2.75) is 65.2 Å². The number of hydrogen-bond donors (Lipinski definition) is 0. The lowest BCUT2D eigenvalue weighted by atomic mass is 9.74. The number of ether oxygens (including phenoxy) is 1. The van der Waals surface area contributed by atoms with Crippen molar-refractivity contribution in [1.29, 1.82) is 0 Å². The molecule has 14 heavy (non-hydrogen) atoms. The summed E-state index contributed by atoms with van der Waals surface area (Å²) in [5.74, 6) is 0. The molecule has 0 radical (unpaired) electrons. The molecule has 1 heterocycles. The van der Waals surface area contributed by atoms with E-state index in [1.54, 1.807) is 0 Å². The van der Waals surface area contributed by atoms with Gasteiger partial charge in [-0.15, -0.1) is 0 Å². The average molecular weight is 198 g/mol. The van der Waals surface area contributed by atoms with Crippen LogP contribution >= 0.6 is 0 Å². The van der Waals surface area contributed by atoms with E-state index < -0.39 is 0 Å². The van der Waals surface area contributed by atoms with E-state index in [2.05, 4.69) is 13.8 Å². The van der Waals surface area contributed by atoms with Gasteiger partial charge in [-0.1, -0.05) is 46.0 Å². The number of hydrogen-bond acceptors (Lipinski definition) is 1. The Labute approximate surface area is 89.2 Å². The summed E-state index contributed by atoms with van der Waals surface area (Å²) in [5, 5.41) is 0. The third kappa shape index (κ3) is 3.61. The Morgan fingerprint density at radius 3 is 2.29 bits per heavy atom. The maximum Gasteiger partial charge on any atom is 0.0471 e. The summed E-state index contributed by atoms with van der Waals surface area (Å²) in [6.45, 7) is 6.64. The molecule has 1 aliphatic heterocycles. The second-order valence-corrected chi connectivity index (χ2v) is 4.78. The minimum atomic E-state index is 0.645. The van der Waals surface area contributed by atoms with Crippen LogP contribution in [0.5, 0.6) is 0 Å². The van der Waals surface area contributed by atoms with Crippen LogP contribution in [0.1, 0.15) is 65.2 Å². The van der Waals surface area contributed by atoms with E-state index in [-0.39, 0.29) is 0 Å². The SMILES string of the molecule is CCCCCCC1(CC)CCOCC1. The molecule has 0 unspecified atom stereocenters. The van der Waals surface area contributed by atoms with Crippen LogP contribution in [0.4, 0.5) is 0 Å². The summed E-state index contributed by atoms with van der Waals surface area (Å²) in [4.78, 5) is 0. The van der Waals surface area contributed by atoms with Crippen LogP contribution in [0.15, 0.2) is 0 Å². The summed E-state index contributed by atoms with van der Waals surface area (Å²) in [5.41, 5.74) is 0.645. The van der Waals surface area contributed by atoms with Crippen LogP contribution in [-0.4, -0.2) is 13.2 Å². The van der Waals surface area contributed by atoms with Gasteiger partial charge in [-0.3, -0.25) is 0 Å². The first-order chi connectivity index (χ1) is 6.83. The molecule has 1 fully saturated rings. The summed E-state index contributed by atoms with van der Waals surface area (Å²) in [6, 6.07) is 0. The van der Waals surface area contributed by atoms with E-state index in [9.17, 15) is 0 Å². The fourth-order valence-corrected chi connectivity index (χ4v) is 2.51. The Kier molecular flexibility index (Phi) is 5.54. The van der Waals surface area contributed by atoms with Gasteiger partial charge in [0.15, 0.2) is 0 Å². The molecule has 0 aromatic carbocycles. The third-order valence-corrected chi connectivity index (χ3v) is 3.86. The fourth-order valence-electron chi connectivity index (χ4n) is 2.51. The number of rotatable bonds is 6. The second kappa shape index (κ2) is 6.44. The second-order valence-electron chi connectivity index (χ2n) is 4.78. The summed E-state index contributed by atoms with van der Waals surface area (Å²) < 4.78 is 5.45. The smallest absolute Gasteiger partial charge is 0.0471 e. The normalized spacial score (nSPS) is 21.0. The quantitative estimate of drug-likeness (QED) is 0.582. The highest BCUT2D eigenvalue weighted by molar-refractivity contribution is 4.80. The van der Waals surface area contributed by atoms with Crippen LogP contribution in [-0.2, 0) is 4.74 Å². The van der Waals surface area contributed by atoms with Crippen molar-refractivity contribution in [3.8, 4) is 0 Å². The molecule has 0 spiro atoms. The molecule has 0 bridgehead atoms. The van der Waals surface area contributed by atoms with Gasteiger partial charge in [-0.25, -0.2) is 0 Å². The fraction of sp³-hybridized carbons (Fsp3) is 1.00. The van der Waals surface area contributed by atoms with Gasteiger partial charge in [0, 0.05) is 13.2 Å². The first kappa shape index (κ1) is 12.0. The van der Waals surface area contributed by atoms with Crippen LogP contribution in [0.2, 0.25) is 0 Å². The molecule has 1 rings (SSSR count). The predicted octanol–water partition coefficient (Wildman–Crippen LogP) is 4.16. The molecule has 0 amide bonds. The van der Waals surface area contributed by atoms with Gasteiger partial charge in [0.1, 0.15) is 0 Å². The molecular formula is C13H26O. The first-order valence-corrected chi connectivity index (χ1v) is 6.41. The van der Waals surface area contributed by atoms with E-state index in [0.29, 0.717) is 5.41 Å². The Morgan fingerprint density at radius 2 is 1.71 bits per heavy atom. The van der Waals surface area contributed by atoms with Crippen molar-refractivity contribution in [2.24, 2.45) is 5.41 Å². The van der Waals surface area contributed by atoms with Crippen molar-refractivity contribution in [1.82, 2.24) is 0 Å². The highest BCUT2D eigenvalue weighted by atomic mass is 16.5. The average Bonchev–Trinajstić information content (AvgIpc) is 2.26. The maximum atomic E-state index is 5.45. The molecule has 1 heteroatoms. The molecule has 0 aliphatic carbocycles. The van der Waals surface area contributed by atoms with Crippen molar-refractivity contribution >= 4 is 0 Å². The third-order valence-electron chi connectivity index (χ3n) is 3.86. The zero-order valence-corrected chi connectivity index (χ0v) is 9.98. The minimum Gasteiger partial charge on any atom is -0.381 e. The Hall–Kier alpha value is -0.0400. The Morgan fingerprint density at radius 1 is 1.00 bits per heavy atom. The van der Waals surface area contributed by atoms with Crippen molar-refractivity contribution in [2.75, 3.05) is 13.2 Å². The molecule has 1 saturated heterocycles. The Bertz CT molecular complexity index is 136. The summed E-state index contributed by atoms with van der Waals surface area (Å²) in [6.07, 6.45) is 11.0. The van der Waals surface area contributed by atoms with E-state index in [1.165, 1.54) is 51.4 Å². The van der Waals surface area contributed by atoms with Gasteiger partial charge in [0.25, 0.3) is 0 Å². The maximum absolute atomic E-state index is 5.45. The predicted molar refractivity (Wildman–Crippen MR) is 61.5 cm³/mol. The zero-order valence-electron chi connectivity index (χ0n) is 9.98. The standard InChI is InChI=1S/C13H26O/c1-3-5-6-7-8-13(4-2)9-11-14-12-10-13/h3-12H2,1-2H3.